The summed E-state index contributed by atoms with van der Waals surface area (Å²) < 4.78 is 5.52. The molecule has 1 aliphatic rings. The lowest BCUT2D eigenvalue weighted by molar-refractivity contribution is 0.416. The van der Waals surface area contributed by atoms with E-state index in [0.29, 0.717) is 10.9 Å². The van der Waals surface area contributed by atoms with Crippen LogP contribution in [-0.4, -0.2) is 12.6 Å². The first-order valence-corrected chi connectivity index (χ1v) is 8.94. The molecular weight excluding hydrogens is 341 g/mol. The Kier molecular flexibility index (Phi) is 4.48. The minimum absolute atomic E-state index is 0.0652. The molecule has 1 aliphatic heterocycles. The third-order valence-electron chi connectivity index (χ3n) is 4.72. The molecule has 24 heavy (non-hydrogen) atoms. The molecule has 0 spiro atoms. The molecule has 2 aromatic carbocycles. The van der Waals surface area contributed by atoms with Gasteiger partial charge in [-0.2, -0.15) is 0 Å². The molecule has 4 heteroatoms. The number of aryl methyl sites for hydroxylation is 1. The molecule has 1 heterocycles. The normalized spacial score (nSPS) is 18.7. The largest absolute Gasteiger partial charge is 0.496 e. The fraction of sp³-hybridized carbons (Fsp3) is 0.400. The van der Waals surface area contributed by atoms with E-state index in [0.717, 1.165) is 34.0 Å². The molecule has 2 aromatic rings. The summed E-state index contributed by atoms with van der Waals surface area (Å²) in [5.41, 5.74) is 5.50. The van der Waals surface area contributed by atoms with Crippen LogP contribution in [0.4, 0.5) is 5.69 Å². The monoisotopic (exact) mass is 363 g/mol. The van der Waals surface area contributed by atoms with Crippen molar-refractivity contribution < 1.29 is 4.74 Å². The average molecular weight is 364 g/mol. The van der Waals surface area contributed by atoms with Gasteiger partial charge in [0.05, 0.1) is 12.1 Å². The van der Waals surface area contributed by atoms with Crippen molar-refractivity contribution in [3.05, 3.63) is 45.4 Å². The number of nitrogens with one attached hydrogen (secondary N) is 1. The SMILES string of the molecule is COc1ccc(Cl)cc1-c1cc(C)c2c(c1Cl)C(C)CC(C)(C)N2. The van der Waals surface area contributed by atoms with Crippen LogP contribution in [0.15, 0.2) is 24.3 Å². The molecule has 0 aromatic heterocycles. The molecule has 0 fully saturated rings. The molecule has 0 aliphatic carbocycles. The molecule has 0 amide bonds. The Hall–Kier alpha value is -1.38. The Morgan fingerprint density at radius 2 is 1.88 bits per heavy atom. The molecule has 1 N–H and O–H groups in total. The van der Waals surface area contributed by atoms with Crippen molar-refractivity contribution in [2.24, 2.45) is 0 Å². The highest BCUT2D eigenvalue weighted by atomic mass is 35.5. The van der Waals surface area contributed by atoms with Crippen LogP contribution < -0.4 is 10.1 Å². The zero-order valence-corrected chi connectivity index (χ0v) is 16.3. The van der Waals surface area contributed by atoms with Crippen LogP contribution in [0.5, 0.6) is 5.75 Å². The van der Waals surface area contributed by atoms with E-state index in [4.69, 9.17) is 27.9 Å². The summed E-state index contributed by atoms with van der Waals surface area (Å²) >= 11 is 13.1. The van der Waals surface area contributed by atoms with E-state index < -0.39 is 0 Å². The van der Waals surface area contributed by atoms with E-state index in [1.807, 2.05) is 18.2 Å². The third-order valence-corrected chi connectivity index (χ3v) is 5.36. The molecule has 1 atom stereocenters. The molecule has 2 nitrogen and oxygen atoms in total. The second-order valence-corrected chi connectivity index (χ2v) is 8.12. The Bertz CT molecular complexity index is 799. The predicted octanol–water partition coefficient (Wildman–Crippen LogP) is 6.68. The number of hydrogen-bond acceptors (Lipinski definition) is 2. The Morgan fingerprint density at radius 1 is 1.17 bits per heavy atom. The second-order valence-electron chi connectivity index (χ2n) is 7.30. The van der Waals surface area contributed by atoms with Crippen molar-refractivity contribution in [3.8, 4) is 16.9 Å². The minimum atomic E-state index is 0.0652. The van der Waals surface area contributed by atoms with Crippen LogP contribution >= 0.6 is 23.2 Å². The smallest absolute Gasteiger partial charge is 0.126 e. The number of hydrogen-bond donors (Lipinski definition) is 1. The Labute approximate surface area is 154 Å². The highest BCUT2D eigenvalue weighted by Gasteiger charge is 2.33. The second kappa shape index (κ2) is 6.16. The van der Waals surface area contributed by atoms with Gasteiger partial charge in [0.2, 0.25) is 0 Å². The highest BCUT2D eigenvalue weighted by Crippen LogP contribution is 2.48. The van der Waals surface area contributed by atoms with Gasteiger partial charge in [0, 0.05) is 27.4 Å². The molecule has 0 saturated carbocycles. The molecule has 0 bridgehead atoms. The summed E-state index contributed by atoms with van der Waals surface area (Å²) in [4.78, 5) is 0. The third kappa shape index (κ3) is 2.98. The van der Waals surface area contributed by atoms with E-state index in [9.17, 15) is 0 Å². The predicted molar refractivity (Wildman–Crippen MR) is 104 cm³/mol. The van der Waals surface area contributed by atoms with Gasteiger partial charge in [0.15, 0.2) is 0 Å². The lowest BCUT2D eigenvalue weighted by Gasteiger charge is -2.39. The first-order chi connectivity index (χ1) is 11.2. The standard InChI is InChI=1S/C20H23Cl2NO/c1-11-8-15(14-9-13(21)6-7-16(14)24-5)18(22)17-12(2)10-20(3,4)23-19(11)17/h6-9,12,23H,10H2,1-5H3. The fourth-order valence-corrected chi connectivity index (χ4v) is 4.40. The number of anilines is 1. The zero-order valence-electron chi connectivity index (χ0n) is 14.8. The van der Waals surface area contributed by atoms with Gasteiger partial charge in [-0.25, -0.2) is 0 Å². The number of fused-ring (bicyclic) bond motifs is 1. The van der Waals surface area contributed by atoms with Gasteiger partial charge in [-0.1, -0.05) is 30.1 Å². The number of rotatable bonds is 2. The van der Waals surface area contributed by atoms with Gasteiger partial charge in [-0.15, -0.1) is 0 Å². The molecule has 0 radical (unpaired) electrons. The van der Waals surface area contributed by atoms with E-state index >= 15 is 0 Å². The minimum Gasteiger partial charge on any atom is -0.496 e. The van der Waals surface area contributed by atoms with E-state index in [1.54, 1.807) is 7.11 Å². The van der Waals surface area contributed by atoms with Crippen LogP contribution in [0.25, 0.3) is 11.1 Å². The lowest BCUT2D eigenvalue weighted by Crippen LogP contribution is -2.37. The molecule has 128 valence electrons. The molecule has 0 saturated heterocycles. The van der Waals surface area contributed by atoms with Gasteiger partial charge in [-0.05, 0) is 68.5 Å². The van der Waals surface area contributed by atoms with Gasteiger partial charge in [0.1, 0.15) is 5.75 Å². The lowest BCUT2D eigenvalue weighted by atomic mass is 9.79. The van der Waals surface area contributed by atoms with Crippen molar-refractivity contribution in [2.45, 2.75) is 45.6 Å². The maximum absolute atomic E-state index is 6.86. The van der Waals surface area contributed by atoms with Crippen molar-refractivity contribution in [2.75, 3.05) is 12.4 Å². The van der Waals surface area contributed by atoms with E-state index in [2.05, 4.69) is 39.1 Å². The summed E-state index contributed by atoms with van der Waals surface area (Å²) in [6.45, 7) is 8.82. The zero-order chi connectivity index (χ0) is 17.6. The van der Waals surface area contributed by atoms with Gasteiger partial charge in [-0.3, -0.25) is 0 Å². The molecule has 1 unspecified atom stereocenters. The fourth-order valence-electron chi connectivity index (χ4n) is 3.79. The number of benzene rings is 2. The van der Waals surface area contributed by atoms with E-state index in [1.165, 1.54) is 11.1 Å². The summed E-state index contributed by atoms with van der Waals surface area (Å²) in [6.07, 6.45) is 1.04. The number of halogens is 2. The highest BCUT2D eigenvalue weighted by molar-refractivity contribution is 6.35. The van der Waals surface area contributed by atoms with E-state index in [-0.39, 0.29) is 5.54 Å². The summed E-state index contributed by atoms with van der Waals surface area (Å²) in [5.74, 6) is 1.16. The van der Waals surface area contributed by atoms with Crippen molar-refractivity contribution in [3.63, 3.8) is 0 Å². The summed E-state index contributed by atoms with van der Waals surface area (Å²) in [6, 6.07) is 7.75. The maximum atomic E-state index is 6.86. The van der Waals surface area contributed by atoms with Gasteiger partial charge in [0.25, 0.3) is 0 Å². The summed E-state index contributed by atoms with van der Waals surface area (Å²) in [7, 11) is 1.67. The summed E-state index contributed by atoms with van der Waals surface area (Å²) in [5, 5.41) is 5.11. The van der Waals surface area contributed by atoms with Crippen molar-refractivity contribution in [1.29, 1.82) is 0 Å². The van der Waals surface area contributed by atoms with Gasteiger partial charge < -0.3 is 10.1 Å². The Morgan fingerprint density at radius 3 is 2.54 bits per heavy atom. The average Bonchev–Trinajstić information content (AvgIpc) is 2.49. The first kappa shape index (κ1) is 17.4. The van der Waals surface area contributed by atoms with Crippen LogP contribution in [0, 0.1) is 6.92 Å². The van der Waals surface area contributed by atoms with Crippen LogP contribution in [0.2, 0.25) is 10.0 Å². The van der Waals surface area contributed by atoms with Crippen LogP contribution in [0.3, 0.4) is 0 Å². The quantitative estimate of drug-likeness (QED) is 0.642. The number of methoxy groups -OCH3 is 1. The van der Waals surface area contributed by atoms with Gasteiger partial charge >= 0.3 is 0 Å². The Balaban J connectivity index is 2.25. The number of ether oxygens (including phenoxy) is 1. The van der Waals surface area contributed by atoms with Crippen LogP contribution in [-0.2, 0) is 0 Å². The molecular formula is C20H23Cl2NO. The molecule has 3 rings (SSSR count). The topological polar surface area (TPSA) is 21.3 Å². The first-order valence-electron chi connectivity index (χ1n) is 8.18. The van der Waals surface area contributed by atoms with Crippen LogP contribution in [0.1, 0.15) is 44.2 Å². The maximum Gasteiger partial charge on any atom is 0.126 e. The van der Waals surface area contributed by atoms with Crippen molar-refractivity contribution in [1.82, 2.24) is 0 Å². The van der Waals surface area contributed by atoms with Crippen molar-refractivity contribution >= 4 is 28.9 Å².